The fraction of sp³-hybridized carbons (Fsp3) is 0.346. The summed E-state index contributed by atoms with van der Waals surface area (Å²) < 4.78 is 19.7. The Labute approximate surface area is 208 Å². The van der Waals surface area contributed by atoms with E-state index < -0.39 is 11.8 Å². The molecule has 0 saturated carbocycles. The number of pyridine rings is 2. The zero-order valence-corrected chi connectivity index (χ0v) is 19.9. The second kappa shape index (κ2) is 11.5. The van der Waals surface area contributed by atoms with E-state index in [1.165, 1.54) is 6.07 Å². The van der Waals surface area contributed by atoms with Crippen molar-refractivity contribution in [2.24, 2.45) is 0 Å². The van der Waals surface area contributed by atoms with Crippen LogP contribution in [0.15, 0.2) is 48.5 Å². The molecule has 1 saturated heterocycles. The zero-order valence-electron chi connectivity index (χ0n) is 19.2. The Balaban J connectivity index is 1.30. The monoisotopic (exact) mass is 499 g/mol. The maximum atomic E-state index is 14.0. The summed E-state index contributed by atoms with van der Waals surface area (Å²) in [6.07, 6.45) is 2.09. The lowest BCUT2D eigenvalue weighted by atomic mass is 9.93. The summed E-state index contributed by atoms with van der Waals surface area (Å²) in [7, 11) is 0. The fourth-order valence-electron chi connectivity index (χ4n) is 4.17. The van der Waals surface area contributed by atoms with E-state index in [9.17, 15) is 14.3 Å². The van der Waals surface area contributed by atoms with Gasteiger partial charge in [-0.05, 0) is 50.2 Å². The molecule has 1 fully saturated rings. The number of hydrogen-bond acceptors (Lipinski definition) is 6. The molecule has 0 amide bonds. The molecule has 7 nitrogen and oxygen atoms in total. The van der Waals surface area contributed by atoms with Gasteiger partial charge in [-0.1, -0.05) is 29.8 Å². The van der Waals surface area contributed by atoms with Gasteiger partial charge >= 0.3 is 5.97 Å². The Morgan fingerprint density at radius 3 is 2.60 bits per heavy atom. The van der Waals surface area contributed by atoms with E-state index in [-0.39, 0.29) is 24.8 Å². The summed E-state index contributed by atoms with van der Waals surface area (Å²) in [5.41, 5.74) is 2.67. The highest BCUT2D eigenvalue weighted by Gasteiger charge is 2.23. The predicted octanol–water partition coefficient (Wildman–Crippen LogP) is 4.95. The van der Waals surface area contributed by atoms with Gasteiger partial charge in [-0.25, -0.2) is 14.4 Å². The third-order valence-corrected chi connectivity index (χ3v) is 6.38. The van der Waals surface area contributed by atoms with Crippen LogP contribution in [0.1, 0.15) is 47.7 Å². The van der Waals surface area contributed by atoms with Crippen LogP contribution in [0.2, 0.25) is 5.02 Å². The Morgan fingerprint density at radius 1 is 1.11 bits per heavy atom. The second-order valence-electron chi connectivity index (χ2n) is 8.65. The molecule has 0 radical (unpaired) electrons. The van der Waals surface area contributed by atoms with Crippen LogP contribution in [-0.2, 0) is 24.4 Å². The molecule has 35 heavy (non-hydrogen) atoms. The third-order valence-electron chi connectivity index (χ3n) is 6.14. The van der Waals surface area contributed by atoms with Crippen molar-refractivity contribution in [1.29, 1.82) is 0 Å². The lowest BCUT2D eigenvalue weighted by Gasteiger charge is -2.31. The van der Waals surface area contributed by atoms with Crippen LogP contribution >= 0.6 is 11.6 Å². The van der Waals surface area contributed by atoms with E-state index in [1.807, 2.05) is 18.2 Å². The number of halogens is 2. The Hall–Kier alpha value is -3.23. The zero-order chi connectivity index (χ0) is 24.8. The highest BCUT2D eigenvalue weighted by atomic mass is 35.5. The van der Waals surface area contributed by atoms with E-state index in [4.69, 9.17) is 21.4 Å². The van der Waals surface area contributed by atoms with Crippen LogP contribution in [0.4, 0.5) is 4.39 Å². The number of aryl methyl sites for hydroxylation is 1. The van der Waals surface area contributed by atoms with E-state index in [0.29, 0.717) is 35.1 Å². The summed E-state index contributed by atoms with van der Waals surface area (Å²) >= 11 is 5.80. The molecule has 9 heteroatoms. The molecule has 1 aliphatic heterocycles. The number of aromatic hydroxyl groups is 1. The van der Waals surface area contributed by atoms with Gasteiger partial charge in [0.15, 0.2) is 0 Å². The molecule has 1 aliphatic rings. The van der Waals surface area contributed by atoms with Gasteiger partial charge in [0.25, 0.3) is 0 Å². The van der Waals surface area contributed by atoms with Crippen molar-refractivity contribution in [2.75, 3.05) is 13.1 Å². The Morgan fingerprint density at radius 2 is 1.89 bits per heavy atom. The highest BCUT2D eigenvalue weighted by molar-refractivity contribution is 6.30. The summed E-state index contributed by atoms with van der Waals surface area (Å²) in [4.78, 5) is 21.8. The molecule has 0 atom stereocenters. The van der Waals surface area contributed by atoms with Gasteiger partial charge < -0.3 is 14.9 Å². The van der Waals surface area contributed by atoms with Gasteiger partial charge in [-0.15, -0.1) is 0 Å². The Kier molecular flexibility index (Phi) is 8.15. The number of aliphatic carboxylic acids is 1. The minimum atomic E-state index is -0.889. The van der Waals surface area contributed by atoms with Gasteiger partial charge in [0, 0.05) is 52.5 Å². The normalized spacial score (nSPS) is 14.7. The van der Waals surface area contributed by atoms with Crippen molar-refractivity contribution in [3.8, 4) is 11.8 Å². The van der Waals surface area contributed by atoms with Crippen molar-refractivity contribution in [1.82, 2.24) is 14.9 Å². The number of rotatable bonds is 9. The summed E-state index contributed by atoms with van der Waals surface area (Å²) in [5, 5.41) is 19.4. The summed E-state index contributed by atoms with van der Waals surface area (Å²) in [6.45, 7) is 2.33. The number of carboxylic acids is 1. The molecule has 2 N–H and O–H groups in total. The first-order valence-electron chi connectivity index (χ1n) is 11.5. The van der Waals surface area contributed by atoms with Crippen molar-refractivity contribution < 1.29 is 24.1 Å². The maximum Gasteiger partial charge on any atom is 0.303 e. The molecule has 1 aromatic carbocycles. The molecule has 0 spiro atoms. The van der Waals surface area contributed by atoms with Crippen LogP contribution in [0.5, 0.6) is 11.8 Å². The molecule has 4 rings (SSSR count). The topological polar surface area (TPSA) is 95.8 Å². The molecule has 0 unspecified atom stereocenters. The summed E-state index contributed by atoms with van der Waals surface area (Å²) in [6, 6.07) is 13.7. The van der Waals surface area contributed by atoms with Crippen molar-refractivity contribution >= 4 is 17.6 Å². The first-order valence-corrected chi connectivity index (χ1v) is 11.9. The molecular weight excluding hydrogens is 473 g/mol. The summed E-state index contributed by atoms with van der Waals surface area (Å²) in [5.74, 6) is -0.596. The number of carboxylic acid groups (broad SMARTS) is 1. The lowest BCUT2D eigenvalue weighted by Crippen LogP contribution is -2.32. The van der Waals surface area contributed by atoms with E-state index in [0.717, 1.165) is 37.2 Å². The van der Waals surface area contributed by atoms with Crippen LogP contribution in [0.3, 0.4) is 0 Å². The number of likely N-dealkylation sites (tertiary alicyclic amines) is 1. The van der Waals surface area contributed by atoms with Crippen LogP contribution in [-0.4, -0.2) is 44.1 Å². The minimum absolute atomic E-state index is 0.0163. The average Bonchev–Trinajstić information content (AvgIpc) is 2.84. The molecular formula is C26H27ClFN3O4. The number of piperidine rings is 1. The van der Waals surface area contributed by atoms with E-state index in [1.54, 1.807) is 24.3 Å². The second-order valence-corrected chi connectivity index (χ2v) is 9.09. The molecule has 0 aliphatic carbocycles. The maximum absolute atomic E-state index is 14.0. The SMILES string of the molecule is O=C(O)CCc1ccc(CN2CCC(c3cccc(OCc4ccc(Cl)cc4F)n3)CC2)c(O)n1. The van der Waals surface area contributed by atoms with Crippen molar-refractivity contribution in [3.63, 3.8) is 0 Å². The van der Waals surface area contributed by atoms with Gasteiger partial charge in [0.2, 0.25) is 11.8 Å². The predicted molar refractivity (Wildman–Crippen MR) is 129 cm³/mol. The molecule has 3 aromatic rings. The van der Waals surface area contributed by atoms with Crippen LogP contribution in [0, 0.1) is 5.82 Å². The fourth-order valence-corrected chi connectivity index (χ4v) is 4.33. The van der Waals surface area contributed by atoms with Gasteiger partial charge in [0.1, 0.15) is 12.4 Å². The lowest BCUT2D eigenvalue weighted by molar-refractivity contribution is -0.136. The highest BCUT2D eigenvalue weighted by Crippen LogP contribution is 2.29. The van der Waals surface area contributed by atoms with E-state index >= 15 is 0 Å². The molecule has 184 valence electrons. The van der Waals surface area contributed by atoms with Gasteiger partial charge in [0.05, 0.1) is 6.42 Å². The smallest absolute Gasteiger partial charge is 0.303 e. The molecule has 2 aromatic heterocycles. The first-order chi connectivity index (χ1) is 16.9. The van der Waals surface area contributed by atoms with Crippen molar-refractivity contribution in [3.05, 3.63) is 81.9 Å². The number of nitrogens with zero attached hydrogens (tertiary/aromatic N) is 3. The van der Waals surface area contributed by atoms with Crippen LogP contribution < -0.4 is 4.74 Å². The number of carbonyl (C=O) groups is 1. The van der Waals surface area contributed by atoms with E-state index in [2.05, 4.69) is 14.9 Å². The van der Waals surface area contributed by atoms with Crippen LogP contribution in [0.25, 0.3) is 0 Å². The quantitative estimate of drug-likeness (QED) is 0.430. The number of ether oxygens (including phenoxy) is 1. The minimum Gasteiger partial charge on any atom is -0.493 e. The molecule has 3 heterocycles. The average molecular weight is 500 g/mol. The first kappa shape index (κ1) is 24.9. The molecule has 0 bridgehead atoms. The number of benzene rings is 1. The third kappa shape index (κ3) is 6.90. The Bertz CT molecular complexity index is 1190. The largest absolute Gasteiger partial charge is 0.493 e. The number of hydrogen-bond donors (Lipinski definition) is 2. The van der Waals surface area contributed by atoms with Gasteiger partial charge in [-0.2, -0.15) is 0 Å². The standard InChI is InChI=1S/C26H27ClFN3O4/c27-20-6-4-19(22(28)14-20)16-35-24-3-1-2-23(30-24)17-10-12-31(13-11-17)15-18-5-7-21(29-26(18)34)8-9-25(32)33/h1-7,14,17H,8-13,15-16H2,(H,29,34)(H,32,33). The van der Waals surface area contributed by atoms with Crippen molar-refractivity contribution in [2.45, 2.75) is 44.8 Å². The number of aromatic nitrogens is 2. The van der Waals surface area contributed by atoms with Gasteiger partial charge in [-0.3, -0.25) is 9.69 Å².